The number of carbonyl (C=O) groups excluding carboxylic acids is 1. The largest absolute Gasteiger partial charge is 0.383 e. The lowest BCUT2D eigenvalue weighted by Crippen LogP contribution is -2.34. The molecule has 5 aromatic rings. The van der Waals surface area contributed by atoms with Crippen molar-refractivity contribution in [3.8, 4) is 18.0 Å². The van der Waals surface area contributed by atoms with Crippen LogP contribution in [0.25, 0.3) is 22.2 Å². The van der Waals surface area contributed by atoms with E-state index in [9.17, 15) is 9.59 Å². The van der Waals surface area contributed by atoms with Gasteiger partial charge in [0, 0.05) is 18.0 Å². The molecule has 0 spiro atoms. The first-order valence-corrected chi connectivity index (χ1v) is 10.4. The maximum atomic E-state index is 13.7. The van der Waals surface area contributed by atoms with Gasteiger partial charge in [0.1, 0.15) is 23.5 Å². The number of amides is 1. The van der Waals surface area contributed by atoms with E-state index in [-0.39, 0.29) is 16.9 Å². The van der Waals surface area contributed by atoms with Gasteiger partial charge in [-0.25, -0.2) is 15.0 Å². The van der Waals surface area contributed by atoms with E-state index in [4.69, 9.17) is 17.1 Å². The minimum absolute atomic E-state index is 0.0500. The summed E-state index contributed by atoms with van der Waals surface area (Å²) in [5, 5.41) is 3.23. The molecule has 1 amide bonds. The molecule has 2 aromatic carbocycles. The molecular formula is C25H19N7O2. The molecule has 0 saturated carbocycles. The van der Waals surface area contributed by atoms with Crippen LogP contribution in [0.4, 0.5) is 5.82 Å². The monoisotopic (exact) mass is 449 g/mol. The number of nitrogens with one attached hydrogen (secondary N) is 1. The number of terminal acetylenes is 1. The van der Waals surface area contributed by atoms with Crippen molar-refractivity contribution in [1.29, 1.82) is 0 Å². The molecule has 0 bridgehead atoms. The summed E-state index contributed by atoms with van der Waals surface area (Å²) in [4.78, 5) is 39.9. The van der Waals surface area contributed by atoms with Crippen LogP contribution in [0, 0.1) is 12.3 Å². The molecule has 0 aliphatic heterocycles. The van der Waals surface area contributed by atoms with Gasteiger partial charge >= 0.3 is 0 Å². The lowest BCUT2D eigenvalue weighted by molar-refractivity contribution is 0.0939. The highest BCUT2D eigenvalue weighted by atomic mass is 16.2. The van der Waals surface area contributed by atoms with Crippen LogP contribution in [0.5, 0.6) is 0 Å². The molecule has 5 rings (SSSR count). The Balaban J connectivity index is 1.66. The van der Waals surface area contributed by atoms with Crippen molar-refractivity contribution in [2.75, 3.05) is 5.73 Å². The number of para-hydroxylation sites is 1. The third kappa shape index (κ3) is 3.34. The molecular weight excluding hydrogens is 430 g/mol. The molecule has 3 N–H and O–H groups in total. The van der Waals surface area contributed by atoms with E-state index in [2.05, 4.69) is 21.2 Å². The summed E-state index contributed by atoms with van der Waals surface area (Å²) >= 11 is 0. The highest BCUT2D eigenvalue weighted by Gasteiger charge is 2.24. The highest BCUT2D eigenvalue weighted by molar-refractivity contribution is 6.04. The molecule has 1 atom stereocenters. The van der Waals surface area contributed by atoms with Gasteiger partial charge in [0.15, 0.2) is 5.65 Å². The van der Waals surface area contributed by atoms with Gasteiger partial charge < -0.3 is 11.1 Å². The van der Waals surface area contributed by atoms with E-state index in [1.807, 2.05) is 18.2 Å². The average molecular weight is 449 g/mol. The fourth-order valence-corrected chi connectivity index (χ4v) is 3.94. The number of benzene rings is 2. The van der Waals surface area contributed by atoms with Crippen LogP contribution in [-0.2, 0) is 0 Å². The van der Waals surface area contributed by atoms with Crippen molar-refractivity contribution in [1.82, 2.24) is 29.2 Å². The van der Waals surface area contributed by atoms with Gasteiger partial charge in [-0.05, 0) is 31.2 Å². The summed E-state index contributed by atoms with van der Waals surface area (Å²) in [6.45, 7) is 1.74. The number of imidazole rings is 1. The Morgan fingerprint density at radius 2 is 1.94 bits per heavy atom. The number of rotatable bonds is 4. The molecule has 166 valence electrons. The SMILES string of the molecule is C#Cc1cccc2nc([C@H](C)NC(=O)c3c(N)ncn4ccnc34)n(-c3ccccc3)c(=O)c12. The minimum Gasteiger partial charge on any atom is -0.383 e. The molecule has 0 aliphatic carbocycles. The van der Waals surface area contributed by atoms with Crippen molar-refractivity contribution >= 4 is 28.3 Å². The normalized spacial score (nSPS) is 11.9. The number of fused-ring (bicyclic) bond motifs is 2. The summed E-state index contributed by atoms with van der Waals surface area (Å²) in [6.07, 6.45) is 10.4. The number of aromatic nitrogens is 5. The molecule has 0 unspecified atom stereocenters. The Kier molecular flexibility index (Phi) is 5.03. The summed E-state index contributed by atoms with van der Waals surface area (Å²) < 4.78 is 3.07. The summed E-state index contributed by atoms with van der Waals surface area (Å²) in [6, 6.07) is 13.6. The van der Waals surface area contributed by atoms with E-state index >= 15 is 0 Å². The zero-order valence-corrected chi connectivity index (χ0v) is 18.1. The molecule has 9 nitrogen and oxygen atoms in total. The van der Waals surface area contributed by atoms with Gasteiger partial charge in [-0.15, -0.1) is 6.42 Å². The van der Waals surface area contributed by atoms with Gasteiger partial charge in [-0.1, -0.05) is 30.2 Å². The van der Waals surface area contributed by atoms with Crippen LogP contribution >= 0.6 is 0 Å². The molecule has 3 heterocycles. The van der Waals surface area contributed by atoms with E-state index in [1.165, 1.54) is 10.9 Å². The Bertz CT molecular complexity index is 1660. The quantitative estimate of drug-likeness (QED) is 0.407. The third-order valence-electron chi connectivity index (χ3n) is 5.53. The number of anilines is 1. The fourth-order valence-electron chi connectivity index (χ4n) is 3.94. The maximum absolute atomic E-state index is 13.7. The predicted molar refractivity (Wildman–Crippen MR) is 129 cm³/mol. The molecule has 0 fully saturated rings. The number of hydrogen-bond acceptors (Lipinski definition) is 6. The van der Waals surface area contributed by atoms with Crippen LogP contribution in [0.2, 0.25) is 0 Å². The number of hydrogen-bond donors (Lipinski definition) is 2. The topological polar surface area (TPSA) is 120 Å². The van der Waals surface area contributed by atoms with Gasteiger partial charge in [-0.2, -0.15) is 0 Å². The van der Waals surface area contributed by atoms with Crippen LogP contribution in [0.3, 0.4) is 0 Å². The maximum Gasteiger partial charge on any atom is 0.267 e. The van der Waals surface area contributed by atoms with Crippen molar-refractivity contribution < 1.29 is 4.79 Å². The molecule has 3 aromatic heterocycles. The summed E-state index contributed by atoms with van der Waals surface area (Å²) in [7, 11) is 0. The third-order valence-corrected chi connectivity index (χ3v) is 5.53. The van der Waals surface area contributed by atoms with Crippen molar-refractivity contribution in [3.63, 3.8) is 0 Å². The summed E-state index contributed by atoms with van der Waals surface area (Å²) in [5.74, 6) is 2.46. The first-order valence-electron chi connectivity index (χ1n) is 10.4. The molecule has 34 heavy (non-hydrogen) atoms. The minimum atomic E-state index is -0.672. The Morgan fingerprint density at radius 1 is 1.15 bits per heavy atom. The molecule has 0 saturated heterocycles. The standard InChI is InChI=1S/C25H19N7O2/c1-3-16-8-7-11-18-19(16)25(34)32(17-9-5-4-6-10-17)22(30-18)15(2)29-24(33)20-21(26)28-14-31-13-12-27-23(20)31/h1,4-15H,26H2,2H3,(H,29,33)/t15-/m0/s1. The predicted octanol–water partition coefficient (Wildman–Crippen LogP) is 2.48. The second-order valence-corrected chi connectivity index (χ2v) is 7.65. The zero-order valence-electron chi connectivity index (χ0n) is 18.1. The Morgan fingerprint density at radius 3 is 2.71 bits per heavy atom. The highest BCUT2D eigenvalue weighted by Crippen LogP contribution is 2.21. The molecule has 9 heteroatoms. The number of carbonyl (C=O) groups is 1. The Hall–Kier alpha value is -4.97. The molecule has 0 aliphatic rings. The first kappa shape index (κ1) is 20.9. The van der Waals surface area contributed by atoms with Crippen LogP contribution < -0.4 is 16.6 Å². The fraction of sp³-hybridized carbons (Fsp3) is 0.0800. The number of nitrogens with two attached hydrogens (primary N) is 1. The second-order valence-electron chi connectivity index (χ2n) is 7.65. The van der Waals surface area contributed by atoms with Gasteiger partial charge in [0.2, 0.25) is 0 Å². The second kappa shape index (κ2) is 8.18. The van der Waals surface area contributed by atoms with Crippen LogP contribution in [0.15, 0.2) is 72.0 Å². The summed E-state index contributed by atoms with van der Waals surface area (Å²) in [5.41, 5.74) is 7.69. The first-order chi connectivity index (χ1) is 16.5. The smallest absolute Gasteiger partial charge is 0.267 e. The van der Waals surface area contributed by atoms with Crippen LogP contribution in [0.1, 0.15) is 34.7 Å². The average Bonchev–Trinajstić information content (AvgIpc) is 3.32. The van der Waals surface area contributed by atoms with Crippen molar-refractivity contribution in [3.05, 3.63) is 94.6 Å². The number of nitrogens with zero attached hydrogens (tertiary/aromatic N) is 5. The molecule has 0 radical (unpaired) electrons. The lowest BCUT2D eigenvalue weighted by atomic mass is 10.1. The van der Waals surface area contributed by atoms with Crippen molar-refractivity contribution in [2.45, 2.75) is 13.0 Å². The van der Waals surface area contributed by atoms with Gasteiger partial charge in [-0.3, -0.25) is 18.6 Å². The van der Waals surface area contributed by atoms with Gasteiger partial charge in [0.25, 0.3) is 11.5 Å². The van der Waals surface area contributed by atoms with E-state index in [0.717, 1.165) is 0 Å². The van der Waals surface area contributed by atoms with Crippen LogP contribution in [-0.4, -0.2) is 29.8 Å². The van der Waals surface area contributed by atoms with Crippen molar-refractivity contribution in [2.24, 2.45) is 0 Å². The van der Waals surface area contributed by atoms with E-state index in [0.29, 0.717) is 33.6 Å². The van der Waals surface area contributed by atoms with E-state index < -0.39 is 11.9 Å². The number of nitrogen functional groups attached to an aromatic ring is 1. The zero-order chi connectivity index (χ0) is 23.8. The van der Waals surface area contributed by atoms with E-state index in [1.54, 1.807) is 54.0 Å². The lowest BCUT2D eigenvalue weighted by Gasteiger charge is -2.20. The van der Waals surface area contributed by atoms with Gasteiger partial charge in [0.05, 0.1) is 22.6 Å². The Labute approximate surface area is 193 Å².